The largest absolute Gasteiger partial charge is 0.350 e. The highest BCUT2D eigenvalue weighted by molar-refractivity contribution is 5.83. The van der Waals surface area contributed by atoms with E-state index in [0.29, 0.717) is 5.95 Å². The van der Waals surface area contributed by atoms with Crippen LogP contribution >= 0.6 is 0 Å². The van der Waals surface area contributed by atoms with Crippen LogP contribution in [0.3, 0.4) is 0 Å². The Morgan fingerprint density at radius 1 is 1.27 bits per heavy atom. The fourth-order valence-corrected chi connectivity index (χ4v) is 2.55. The summed E-state index contributed by atoms with van der Waals surface area (Å²) in [4.78, 5) is 13.4. The molecule has 3 aromatic rings. The van der Waals surface area contributed by atoms with Gasteiger partial charge in [0, 0.05) is 17.5 Å². The maximum absolute atomic E-state index is 13.6. The number of fused-ring (bicyclic) bond motifs is 1. The van der Waals surface area contributed by atoms with Crippen LogP contribution in [0, 0.1) is 6.92 Å². The molecule has 0 aliphatic rings. The average Bonchev–Trinajstić information content (AvgIpc) is 2.97. The fraction of sp³-hybridized carbons (Fsp3) is 0.368. The van der Waals surface area contributed by atoms with Crippen LogP contribution in [0.25, 0.3) is 16.8 Å². The molecule has 0 saturated carbocycles. The summed E-state index contributed by atoms with van der Waals surface area (Å²) in [5.41, 5.74) is 4.01. The zero-order valence-corrected chi connectivity index (χ0v) is 15.7. The van der Waals surface area contributed by atoms with Crippen LogP contribution in [0.4, 0.5) is 16.0 Å². The van der Waals surface area contributed by atoms with Gasteiger partial charge < -0.3 is 5.32 Å². The van der Waals surface area contributed by atoms with Gasteiger partial charge in [-0.1, -0.05) is 0 Å². The second-order valence-electron chi connectivity index (χ2n) is 7.07. The Kier molecular flexibility index (Phi) is 4.71. The molecule has 7 heteroatoms. The number of hydrogen-bond acceptors (Lipinski definition) is 5. The van der Waals surface area contributed by atoms with Gasteiger partial charge in [-0.15, -0.1) is 5.10 Å². The maximum Gasteiger partial charge on any atom is 0.241 e. The molecule has 3 rings (SSSR count). The molecule has 0 atom stereocenters. The number of anilines is 1. The molecule has 0 aliphatic carbocycles. The monoisotopic (exact) mass is 354 g/mol. The first-order valence-corrected chi connectivity index (χ1v) is 8.50. The van der Waals surface area contributed by atoms with Crippen LogP contribution in [0.5, 0.6) is 0 Å². The number of nitrogens with zero attached hydrogens (tertiary/aromatic N) is 5. The maximum atomic E-state index is 13.6. The summed E-state index contributed by atoms with van der Waals surface area (Å²) in [7, 11) is 0. The van der Waals surface area contributed by atoms with Crippen molar-refractivity contribution in [3.05, 3.63) is 36.3 Å². The van der Waals surface area contributed by atoms with Crippen molar-refractivity contribution in [2.24, 2.45) is 4.99 Å². The minimum Gasteiger partial charge on any atom is -0.350 e. The van der Waals surface area contributed by atoms with E-state index in [1.54, 1.807) is 10.7 Å². The van der Waals surface area contributed by atoms with Crippen LogP contribution in [0.1, 0.15) is 33.4 Å². The Balaban J connectivity index is 1.92. The number of hydrogen-bond donors (Lipinski definition) is 1. The summed E-state index contributed by atoms with van der Waals surface area (Å²) >= 11 is 0. The number of halogens is 1. The van der Waals surface area contributed by atoms with Crippen LogP contribution in [0.15, 0.2) is 35.6 Å². The van der Waals surface area contributed by atoms with Crippen molar-refractivity contribution in [3.63, 3.8) is 0 Å². The third-order valence-corrected chi connectivity index (χ3v) is 3.76. The zero-order valence-electron chi connectivity index (χ0n) is 15.7. The van der Waals surface area contributed by atoms with Crippen LogP contribution in [-0.2, 0) is 0 Å². The predicted octanol–water partition coefficient (Wildman–Crippen LogP) is 4.37. The first-order chi connectivity index (χ1) is 12.2. The molecule has 26 heavy (non-hydrogen) atoms. The van der Waals surface area contributed by atoms with Crippen molar-refractivity contribution < 1.29 is 4.39 Å². The smallest absolute Gasteiger partial charge is 0.241 e. The Morgan fingerprint density at radius 3 is 2.69 bits per heavy atom. The molecule has 0 unspecified atom stereocenters. The molecule has 3 aromatic heterocycles. The number of pyridine rings is 1. The molecule has 0 aliphatic heterocycles. The van der Waals surface area contributed by atoms with E-state index in [0.717, 1.165) is 33.9 Å². The van der Waals surface area contributed by atoms with Gasteiger partial charge in [-0.25, -0.2) is 13.9 Å². The highest BCUT2D eigenvalue weighted by Crippen LogP contribution is 2.27. The van der Waals surface area contributed by atoms with E-state index < -0.39 is 5.67 Å². The Bertz CT molecular complexity index is 964. The lowest BCUT2D eigenvalue weighted by molar-refractivity contribution is 0.234. The number of alkyl halides is 1. The minimum absolute atomic E-state index is 0.145. The SMILES string of the molecule is CC(C)=Nc1ccc(-c2ccn3nc(NCC(C)(C)F)ncc23)nc1C. The first-order valence-electron chi connectivity index (χ1n) is 8.50. The standard InChI is InChI=1S/C19H23FN6/c1-12(2)23-15-6-7-16(24-13(15)3)14-8-9-26-17(14)10-21-18(25-26)22-11-19(4,5)20/h6-10H,11H2,1-5H3,(H,22,25). The van der Waals surface area contributed by atoms with Gasteiger partial charge in [0.15, 0.2) is 0 Å². The highest BCUT2D eigenvalue weighted by atomic mass is 19.1. The molecule has 0 bridgehead atoms. The molecule has 6 nitrogen and oxygen atoms in total. The molecule has 0 spiro atoms. The molecule has 1 N–H and O–H groups in total. The molecule has 0 radical (unpaired) electrons. The van der Waals surface area contributed by atoms with Gasteiger partial charge in [-0.3, -0.25) is 9.98 Å². The fourth-order valence-electron chi connectivity index (χ4n) is 2.55. The van der Waals surface area contributed by atoms with Gasteiger partial charge in [-0.05, 0) is 52.8 Å². The van der Waals surface area contributed by atoms with Crippen molar-refractivity contribution in [1.29, 1.82) is 0 Å². The summed E-state index contributed by atoms with van der Waals surface area (Å²) < 4.78 is 15.3. The first kappa shape index (κ1) is 18.0. The van der Waals surface area contributed by atoms with Gasteiger partial charge in [-0.2, -0.15) is 0 Å². The lowest BCUT2D eigenvalue weighted by Gasteiger charge is -2.14. The lowest BCUT2D eigenvalue weighted by atomic mass is 10.1. The molecule has 3 heterocycles. The predicted molar refractivity (Wildman–Crippen MR) is 103 cm³/mol. The van der Waals surface area contributed by atoms with Crippen LogP contribution in [0.2, 0.25) is 0 Å². The Morgan fingerprint density at radius 2 is 2.04 bits per heavy atom. The van der Waals surface area contributed by atoms with Crippen LogP contribution in [-0.4, -0.2) is 37.5 Å². The van der Waals surface area contributed by atoms with Gasteiger partial charge in [0.05, 0.1) is 35.3 Å². The van der Waals surface area contributed by atoms with E-state index >= 15 is 0 Å². The van der Waals surface area contributed by atoms with E-state index in [-0.39, 0.29) is 6.54 Å². The Labute approximate surface area is 152 Å². The summed E-state index contributed by atoms with van der Waals surface area (Å²) in [6, 6.07) is 5.86. The topological polar surface area (TPSA) is 67.5 Å². The minimum atomic E-state index is -1.33. The average molecular weight is 354 g/mol. The van der Waals surface area contributed by atoms with E-state index in [4.69, 9.17) is 0 Å². The van der Waals surface area contributed by atoms with Gasteiger partial charge >= 0.3 is 0 Å². The third kappa shape index (κ3) is 4.04. The molecular formula is C19H23FN6. The van der Waals surface area contributed by atoms with Gasteiger partial charge in [0.25, 0.3) is 0 Å². The molecule has 0 aromatic carbocycles. The molecule has 136 valence electrons. The highest BCUT2D eigenvalue weighted by Gasteiger charge is 2.16. The summed E-state index contributed by atoms with van der Waals surface area (Å²) in [6.07, 6.45) is 3.56. The zero-order chi connectivity index (χ0) is 18.9. The second-order valence-corrected chi connectivity index (χ2v) is 7.07. The third-order valence-electron chi connectivity index (χ3n) is 3.76. The number of aromatic nitrogens is 4. The van der Waals surface area contributed by atoms with Crippen molar-refractivity contribution in [2.75, 3.05) is 11.9 Å². The van der Waals surface area contributed by atoms with Gasteiger partial charge in [0.2, 0.25) is 5.95 Å². The normalized spacial score (nSPS) is 11.6. The van der Waals surface area contributed by atoms with E-state index in [1.807, 2.05) is 45.2 Å². The summed E-state index contributed by atoms with van der Waals surface area (Å²) in [6.45, 7) is 9.03. The molecule has 0 fully saturated rings. The molecule has 0 saturated heterocycles. The summed E-state index contributed by atoms with van der Waals surface area (Å²) in [5.74, 6) is 0.387. The number of aryl methyl sites for hydroxylation is 1. The lowest BCUT2D eigenvalue weighted by Crippen LogP contribution is -2.25. The van der Waals surface area contributed by atoms with Crippen LogP contribution < -0.4 is 5.32 Å². The number of nitrogens with one attached hydrogen (secondary N) is 1. The van der Waals surface area contributed by atoms with E-state index in [2.05, 4.69) is 25.4 Å². The number of rotatable bonds is 5. The summed E-state index contributed by atoms with van der Waals surface area (Å²) in [5, 5.41) is 7.29. The van der Waals surface area contributed by atoms with Crippen molar-refractivity contribution in [3.8, 4) is 11.3 Å². The van der Waals surface area contributed by atoms with Gasteiger partial charge in [0.1, 0.15) is 5.67 Å². The molecule has 0 amide bonds. The van der Waals surface area contributed by atoms with Crippen molar-refractivity contribution in [1.82, 2.24) is 19.6 Å². The number of aliphatic imine (C=N–C) groups is 1. The van der Waals surface area contributed by atoms with Crippen molar-refractivity contribution in [2.45, 2.75) is 40.3 Å². The van der Waals surface area contributed by atoms with E-state index in [1.165, 1.54) is 13.8 Å². The van der Waals surface area contributed by atoms with Crippen molar-refractivity contribution >= 4 is 22.9 Å². The second kappa shape index (κ2) is 6.82. The Hall–Kier alpha value is -2.83. The quantitative estimate of drug-likeness (QED) is 0.691. The molecular weight excluding hydrogens is 331 g/mol. The van der Waals surface area contributed by atoms with E-state index in [9.17, 15) is 4.39 Å².